The fourth-order valence-electron chi connectivity index (χ4n) is 1.85. The van der Waals surface area contributed by atoms with E-state index in [0.717, 1.165) is 23.5 Å². The summed E-state index contributed by atoms with van der Waals surface area (Å²) in [5.74, 6) is -0.576. The summed E-state index contributed by atoms with van der Waals surface area (Å²) in [6.07, 6.45) is 0. The number of hydrogen-bond acceptors (Lipinski definition) is 3. The third kappa shape index (κ3) is 3.01. The fraction of sp³-hybridized carbons (Fsp3) is 0.154. The van der Waals surface area contributed by atoms with Gasteiger partial charge in [-0.15, -0.1) is 0 Å². The minimum absolute atomic E-state index is 0.0257. The van der Waals surface area contributed by atoms with E-state index in [0.29, 0.717) is 0 Å². The Morgan fingerprint density at radius 2 is 1.81 bits per heavy atom. The predicted octanol–water partition coefficient (Wildman–Crippen LogP) is 3.70. The van der Waals surface area contributed by atoms with E-state index in [2.05, 4.69) is 5.43 Å². The minimum Gasteiger partial charge on any atom is -0.267 e. The molecule has 0 aliphatic rings. The van der Waals surface area contributed by atoms with Crippen molar-refractivity contribution in [1.29, 1.82) is 0 Å². The molecule has 1 N–H and O–H groups in total. The van der Waals surface area contributed by atoms with E-state index in [4.69, 9.17) is 23.2 Å². The van der Waals surface area contributed by atoms with Crippen molar-refractivity contribution < 1.29 is 9.72 Å². The third-order valence-corrected chi connectivity index (χ3v) is 3.75. The molecule has 0 fully saturated rings. The van der Waals surface area contributed by atoms with Crippen LogP contribution in [-0.2, 0) is 0 Å². The van der Waals surface area contributed by atoms with E-state index < -0.39 is 10.8 Å². The number of nitro groups is 1. The SMILES string of the molecule is Cc1ccc(C)n1NC(=O)c1cc([N+](=O)[O-])cc(Cl)c1Cl. The van der Waals surface area contributed by atoms with Gasteiger partial charge in [0.05, 0.1) is 20.5 Å². The highest BCUT2D eigenvalue weighted by Crippen LogP contribution is 2.31. The molecule has 0 spiro atoms. The Labute approximate surface area is 130 Å². The number of aromatic nitrogens is 1. The Hall–Kier alpha value is -2.05. The first-order chi connectivity index (χ1) is 9.81. The van der Waals surface area contributed by atoms with Crippen LogP contribution in [0.15, 0.2) is 24.3 Å². The van der Waals surface area contributed by atoms with Gasteiger partial charge in [0.15, 0.2) is 0 Å². The summed E-state index contributed by atoms with van der Waals surface area (Å²) >= 11 is 11.8. The van der Waals surface area contributed by atoms with Gasteiger partial charge in [0.2, 0.25) is 0 Å². The van der Waals surface area contributed by atoms with Gasteiger partial charge in [0, 0.05) is 23.5 Å². The molecule has 0 bridgehead atoms. The van der Waals surface area contributed by atoms with Crippen LogP contribution >= 0.6 is 23.2 Å². The molecular weight excluding hydrogens is 317 g/mol. The van der Waals surface area contributed by atoms with Crippen molar-refractivity contribution in [3.05, 3.63) is 61.4 Å². The van der Waals surface area contributed by atoms with Crippen LogP contribution in [0.2, 0.25) is 10.0 Å². The molecule has 21 heavy (non-hydrogen) atoms. The highest BCUT2D eigenvalue weighted by molar-refractivity contribution is 6.44. The molecule has 0 atom stereocenters. The zero-order valence-electron chi connectivity index (χ0n) is 11.2. The number of carbonyl (C=O) groups is 1. The van der Waals surface area contributed by atoms with E-state index in [9.17, 15) is 14.9 Å². The maximum atomic E-state index is 12.3. The van der Waals surface area contributed by atoms with Crippen LogP contribution in [0.4, 0.5) is 5.69 Å². The lowest BCUT2D eigenvalue weighted by molar-refractivity contribution is -0.384. The number of nitrogens with one attached hydrogen (secondary N) is 1. The summed E-state index contributed by atoms with van der Waals surface area (Å²) < 4.78 is 1.56. The summed E-state index contributed by atoms with van der Waals surface area (Å²) in [5, 5.41) is 10.8. The monoisotopic (exact) mass is 327 g/mol. The number of rotatable bonds is 3. The van der Waals surface area contributed by atoms with Gasteiger partial charge in [-0.2, -0.15) is 0 Å². The van der Waals surface area contributed by atoms with Crippen LogP contribution in [0.3, 0.4) is 0 Å². The van der Waals surface area contributed by atoms with Gasteiger partial charge in [0.25, 0.3) is 11.6 Å². The van der Waals surface area contributed by atoms with Gasteiger partial charge in [-0.05, 0) is 26.0 Å². The molecule has 110 valence electrons. The largest absolute Gasteiger partial charge is 0.271 e. The Morgan fingerprint density at radius 1 is 1.24 bits per heavy atom. The molecule has 0 saturated carbocycles. The van der Waals surface area contributed by atoms with Crippen molar-refractivity contribution >= 4 is 34.8 Å². The second kappa shape index (κ2) is 5.75. The van der Waals surface area contributed by atoms with E-state index in [1.54, 1.807) is 4.68 Å². The number of benzene rings is 1. The number of hydrogen-bond donors (Lipinski definition) is 1. The topological polar surface area (TPSA) is 77.2 Å². The summed E-state index contributed by atoms with van der Waals surface area (Å²) in [6, 6.07) is 5.86. The number of amides is 1. The lowest BCUT2D eigenvalue weighted by Gasteiger charge is -2.12. The molecule has 2 rings (SSSR count). The van der Waals surface area contributed by atoms with Gasteiger partial charge in [-0.3, -0.25) is 25.0 Å². The Bertz CT molecular complexity index is 721. The van der Waals surface area contributed by atoms with Crippen molar-refractivity contribution in [1.82, 2.24) is 4.68 Å². The molecule has 0 aliphatic heterocycles. The quantitative estimate of drug-likeness (QED) is 0.689. The second-order valence-electron chi connectivity index (χ2n) is 4.44. The van der Waals surface area contributed by atoms with Crippen molar-refractivity contribution in [2.45, 2.75) is 13.8 Å². The van der Waals surface area contributed by atoms with Crippen LogP contribution in [0.5, 0.6) is 0 Å². The molecule has 2 aromatic rings. The lowest BCUT2D eigenvalue weighted by Crippen LogP contribution is -2.25. The van der Waals surface area contributed by atoms with Crippen LogP contribution < -0.4 is 5.43 Å². The molecule has 0 unspecified atom stereocenters. The van der Waals surface area contributed by atoms with Gasteiger partial charge in [-0.25, -0.2) is 0 Å². The van der Waals surface area contributed by atoms with E-state index in [1.165, 1.54) is 0 Å². The van der Waals surface area contributed by atoms with Crippen molar-refractivity contribution in [2.75, 3.05) is 5.43 Å². The molecule has 1 heterocycles. The van der Waals surface area contributed by atoms with Crippen LogP contribution in [0, 0.1) is 24.0 Å². The fourth-order valence-corrected chi connectivity index (χ4v) is 2.26. The number of nitrogens with zero attached hydrogens (tertiary/aromatic N) is 2. The first kappa shape index (κ1) is 15.3. The standard InChI is InChI=1S/C13H11Cl2N3O3/c1-7-3-4-8(2)17(7)16-13(19)10-5-9(18(20)21)6-11(14)12(10)15/h3-6H,1-2H3,(H,16,19). The number of aryl methyl sites for hydroxylation is 2. The molecule has 1 aromatic carbocycles. The van der Waals surface area contributed by atoms with E-state index in [1.807, 2.05) is 26.0 Å². The number of nitro benzene ring substituents is 1. The molecule has 1 amide bonds. The molecule has 0 saturated heterocycles. The third-order valence-electron chi connectivity index (χ3n) is 2.95. The first-order valence-corrected chi connectivity index (χ1v) is 6.66. The molecular formula is C13H11Cl2N3O3. The van der Waals surface area contributed by atoms with Crippen LogP contribution in [0.25, 0.3) is 0 Å². The average Bonchev–Trinajstić information content (AvgIpc) is 2.73. The summed E-state index contributed by atoms with van der Waals surface area (Å²) in [6.45, 7) is 3.63. The van der Waals surface area contributed by atoms with Crippen molar-refractivity contribution in [3.8, 4) is 0 Å². The normalized spacial score (nSPS) is 10.5. The minimum atomic E-state index is -0.634. The van der Waals surface area contributed by atoms with Gasteiger partial charge < -0.3 is 0 Å². The predicted molar refractivity (Wildman–Crippen MR) is 80.7 cm³/mol. The maximum Gasteiger partial charge on any atom is 0.271 e. The van der Waals surface area contributed by atoms with Gasteiger partial charge >= 0.3 is 0 Å². The van der Waals surface area contributed by atoms with Crippen molar-refractivity contribution in [3.63, 3.8) is 0 Å². The summed E-state index contributed by atoms with van der Waals surface area (Å²) in [7, 11) is 0. The van der Waals surface area contributed by atoms with Gasteiger partial charge in [0.1, 0.15) is 0 Å². The molecule has 8 heteroatoms. The first-order valence-electron chi connectivity index (χ1n) is 5.91. The van der Waals surface area contributed by atoms with Crippen LogP contribution in [-0.4, -0.2) is 15.5 Å². The maximum absolute atomic E-state index is 12.3. The number of halogens is 2. The number of carbonyl (C=O) groups excluding carboxylic acids is 1. The highest BCUT2D eigenvalue weighted by Gasteiger charge is 2.20. The lowest BCUT2D eigenvalue weighted by atomic mass is 10.2. The van der Waals surface area contributed by atoms with E-state index in [-0.39, 0.29) is 21.3 Å². The molecule has 0 radical (unpaired) electrons. The smallest absolute Gasteiger partial charge is 0.267 e. The Morgan fingerprint density at radius 3 is 2.33 bits per heavy atom. The zero-order chi connectivity index (χ0) is 15.7. The summed E-state index contributed by atoms with van der Waals surface area (Å²) in [4.78, 5) is 22.5. The van der Waals surface area contributed by atoms with E-state index >= 15 is 0 Å². The Kier molecular flexibility index (Phi) is 4.20. The highest BCUT2D eigenvalue weighted by atomic mass is 35.5. The number of non-ortho nitro benzene ring substituents is 1. The zero-order valence-corrected chi connectivity index (χ0v) is 12.7. The summed E-state index contributed by atoms with van der Waals surface area (Å²) in [5.41, 5.74) is 3.90. The van der Waals surface area contributed by atoms with Crippen molar-refractivity contribution in [2.24, 2.45) is 0 Å². The van der Waals surface area contributed by atoms with Gasteiger partial charge in [-0.1, -0.05) is 23.2 Å². The Balaban J connectivity index is 2.42. The van der Waals surface area contributed by atoms with Crippen LogP contribution in [0.1, 0.15) is 21.7 Å². The second-order valence-corrected chi connectivity index (χ2v) is 5.22. The molecule has 0 aliphatic carbocycles. The molecule has 1 aromatic heterocycles. The molecule has 6 nitrogen and oxygen atoms in total. The average molecular weight is 328 g/mol.